The highest BCUT2D eigenvalue weighted by Crippen LogP contribution is 2.34. The van der Waals surface area contributed by atoms with Crippen LogP contribution < -0.4 is 9.47 Å². The van der Waals surface area contributed by atoms with Gasteiger partial charge in [-0.2, -0.15) is 0 Å². The zero-order chi connectivity index (χ0) is 19.2. The van der Waals surface area contributed by atoms with Gasteiger partial charge in [0.1, 0.15) is 11.5 Å². The molecule has 0 aliphatic heterocycles. The Morgan fingerprint density at radius 3 is 2.74 bits per heavy atom. The molecule has 2 atom stereocenters. The van der Waals surface area contributed by atoms with E-state index in [9.17, 15) is 4.79 Å². The summed E-state index contributed by atoms with van der Waals surface area (Å²) in [4.78, 5) is 11.0. The Balaban J connectivity index is 1.54. The van der Waals surface area contributed by atoms with Crippen molar-refractivity contribution in [2.24, 2.45) is 11.8 Å². The van der Waals surface area contributed by atoms with Gasteiger partial charge in [0.25, 0.3) is 0 Å². The summed E-state index contributed by atoms with van der Waals surface area (Å²) < 4.78 is 11.3. The molecule has 2 unspecified atom stereocenters. The van der Waals surface area contributed by atoms with Crippen LogP contribution in [0.25, 0.3) is 5.57 Å². The minimum atomic E-state index is -0.775. The molecule has 142 valence electrons. The Hall–Kier alpha value is -2.75. The van der Waals surface area contributed by atoms with Crippen LogP contribution in [0.1, 0.15) is 30.9 Å². The Bertz CT molecular complexity index is 825. The molecule has 0 spiro atoms. The largest absolute Gasteiger partial charge is 0.497 e. The molecule has 0 radical (unpaired) electrons. The van der Waals surface area contributed by atoms with Crippen LogP contribution in [0.15, 0.2) is 54.6 Å². The van der Waals surface area contributed by atoms with E-state index in [1.807, 2.05) is 36.4 Å². The van der Waals surface area contributed by atoms with Crippen molar-refractivity contribution in [1.29, 1.82) is 0 Å². The number of methoxy groups -OCH3 is 1. The predicted molar refractivity (Wildman–Crippen MR) is 106 cm³/mol. The van der Waals surface area contributed by atoms with Crippen molar-refractivity contribution in [2.75, 3.05) is 13.7 Å². The van der Waals surface area contributed by atoms with Gasteiger partial charge in [0, 0.05) is 5.92 Å². The maximum atomic E-state index is 11.0. The molecule has 3 rings (SSSR count). The number of rotatable bonds is 8. The number of hydrogen-bond donors (Lipinski definition) is 1. The maximum absolute atomic E-state index is 11.0. The average molecular weight is 366 g/mol. The Labute approximate surface area is 160 Å². The van der Waals surface area contributed by atoms with Gasteiger partial charge >= 0.3 is 5.97 Å². The van der Waals surface area contributed by atoms with Gasteiger partial charge in [0.05, 0.1) is 19.6 Å². The lowest BCUT2D eigenvalue weighted by atomic mass is 10.0. The molecule has 0 bridgehead atoms. The number of allylic oxidation sites excluding steroid dienone is 2. The summed E-state index contributed by atoms with van der Waals surface area (Å²) in [6.45, 7) is 2.38. The van der Waals surface area contributed by atoms with Crippen LogP contribution >= 0.6 is 0 Å². The molecule has 1 N–H and O–H groups in total. The zero-order valence-electron chi connectivity index (χ0n) is 15.9. The van der Waals surface area contributed by atoms with Crippen LogP contribution in [0.3, 0.4) is 0 Å². The number of carbonyl (C=O) groups is 1. The highest BCUT2D eigenvalue weighted by molar-refractivity contribution is 5.70. The first-order valence-corrected chi connectivity index (χ1v) is 9.33. The van der Waals surface area contributed by atoms with Gasteiger partial charge in [-0.25, -0.2) is 0 Å². The van der Waals surface area contributed by atoms with E-state index in [1.165, 1.54) is 11.1 Å². The average Bonchev–Trinajstić information content (AvgIpc) is 3.16. The van der Waals surface area contributed by atoms with Gasteiger partial charge in [0.15, 0.2) is 0 Å². The second-order valence-electron chi connectivity index (χ2n) is 7.17. The first kappa shape index (κ1) is 19.0. The van der Waals surface area contributed by atoms with Gasteiger partial charge in [0.2, 0.25) is 0 Å². The Morgan fingerprint density at radius 2 is 1.96 bits per heavy atom. The van der Waals surface area contributed by atoms with E-state index < -0.39 is 11.9 Å². The topological polar surface area (TPSA) is 55.8 Å². The minimum absolute atomic E-state index is 0.398. The molecule has 2 aromatic carbocycles. The summed E-state index contributed by atoms with van der Waals surface area (Å²) in [5.74, 6) is 0.960. The molecule has 1 aliphatic rings. The summed E-state index contributed by atoms with van der Waals surface area (Å²) in [6, 6.07) is 15.9. The first-order valence-electron chi connectivity index (χ1n) is 9.33. The second-order valence-corrected chi connectivity index (χ2v) is 7.17. The molecule has 27 heavy (non-hydrogen) atoms. The van der Waals surface area contributed by atoms with Crippen molar-refractivity contribution >= 4 is 11.5 Å². The fourth-order valence-corrected chi connectivity index (χ4v) is 3.39. The smallest absolute Gasteiger partial charge is 0.306 e. The van der Waals surface area contributed by atoms with Gasteiger partial charge in [-0.05, 0) is 60.2 Å². The van der Waals surface area contributed by atoms with Gasteiger partial charge in [-0.15, -0.1) is 0 Å². The third-order valence-electron chi connectivity index (χ3n) is 4.99. The SMILES string of the molecule is COc1cccc(C2=CCC(COc3cccc(CC(C)C(=O)O)c3)C2)c1. The molecule has 0 saturated heterocycles. The summed E-state index contributed by atoms with van der Waals surface area (Å²) in [6.07, 6.45) is 4.79. The fraction of sp³-hybridized carbons (Fsp3) is 0.348. The molecule has 0 saturated carbocycles. The number of carboxylic acids is 1. The molecule has 0 aromatic heterocycles. The van der Waals surface area contributed by atoms with Crippen molar-refractivity contribution in [1.82, 2.24) is 0 Å². The van der Waals surface area contributed by atoms with Crippen LogP contribution in [0.2, 0.25) is 0 Å². The third-order valence-corrected chi connectivity index (χ3v) is 4.99. The Kier molecular flexibility index (Phi) is 6.17. The third kappa shape index (κ3) is 5.13. The molecule has 1 aliphatic carbocycles. The minimum Gasteiger partial charge on any atom is -0.497 e. The van der Waals surface area contributed by atoms with E-state index in [0.29, 0.717) is 18.9 Å². The number of hydrogen-bond acceptors (Lipinski definition) is 3. The lowest BCUT2D eigenvalue weighted by Gasteiger charge is -2.14. The summed E-state index contributed by atoms with van der Waals surface area (Å²) in [5.41, 5.74) is 3.54. The molecule has 4 heteroatoms. The van der Waals surface area contributed by atoms with E-state index in [0.717, 1.165) is 29.9 Å². The molecule has 0 heterocycles. The second kappa shape index (κ2) is 8.76. The van der Waals surface area contributed by atoms with Gasteiger partial charge in [-0.3, -0.25) is 4.79 Å². The van der Waals surface area contributed by atoms with Crippen LogP contribution in [-0.4, -0.2) is 24.8 Å². The summed E-state index contributed by atoms with van der Waals surface area (Å²) in [5, 5.41) is 9.07. The maximum Gasteiger partial charge on any atom is 0.306 e. The zero-order valence-corrected chi connectivity index (χ0v) is 15.9. The number of ether oxygens (including phenoxy) is 2. The number of aliphatic carboxylic acids is 1. The quantitative estimate of drug-likeness (QED) is 0.727. The standard InChI is InChI=1S/C23H26O4/c1-16(23(24)25)11-17-5-3-8-22(13-17)27-15-18-9-10-20(12-18)19-6-4-7-21(14-19)26-2/h3-8,10,13-14,16,18H,9,11-12,15H2,1-2H3,(H,24,25). The van der Waals surface area contributed by atoms with Crippen LogP contribution in [0.5, 0.6) is 11.5 Å². The van der Waals surface area contributed by atoms with Crippen molar-refractivity contribution in [3.05, 3.63) is 65.7 Å². The van der Waals surface area contributed by atoms with E-state index in [2.05, 4.69) is 18.2 Å². The Morgan fingerprint density at radius 1 is 1.19 bits per heavy atom. The highest BCUT2D eigenvalue weighted by atomic mass is 16.5. The van der Waals surface area contributed by atoms with E-state index in [1.54, 1.807) is 14.0 Å². The van der Waals surface area contributed by atoms with Crippen LogP contribution in [0, 0.1) is 11.8 Å². The lowest BCUT2D eigenvalue weighted by Crippen LogP contribution is -2.12. The molecular weight excluding hydrogens is 340 g/mol. The van der Waals surface area contributed by atoms with Gasteiger partial charge in [-0.1, -0.05) is 37.3 Å². The van der Waals surface area contributed by atoms with Crippen molar-refractivity contribution in [2.45, 2.75) is 26.2 Å². The summed E-state index contributed by atoms with van der Waals surface area (Å²) in [7, 11) is 1.68. The predicted octanol–water partition coefficient (Wildman–Crippen LogP) is 4.83. The summed E-state index contributed by atoms with van der Waals surface area (Å²) >= 11 is 0. The molecule has 4 nitrogen and oxygen atoms in total. The highest BCUT2D eigenvalue weighted by Gasteiger charge is 2.19. The van der Waals surface area contributed by atoms with Crippen molar-refractivity contribution in [3.8, 4) is 11.5 Å². The molecular formula is C23H26O4. The molecule has 0 fully saturated rings. The normalized spacial score (nSPS) is 17.3. The van der Waals surface area contributed by atoms with E-state index in [-0.39, 0.29) is 0 Å². The van der Waals surface area contributed by atoms with Crippen molar-refractivity contribution in [3.63, 3.8) is 0 Å². The lowest BCUT2D eigenvalue weighted by molar-refractivity contribution is -0.141. The first-order chi connectivity index (χ1) is 13.0. The van der Waals surface area contributed by atoms with E-state index >= 15 is 0 Å². The molecule has 2 aromatic rings. The fourth-order valence-electron chi connectivity index (χ4n) is 3.39. The van der Waals surface area contributed by atoms with E-state index in [4.69, 9.17) is 14.6 Å². The number of carboxylic acid groups (broad SMARTS) is 1. The molecule has 0 amide bonds. The van der Waals surface area contributed by atoms with Crippen LogP contribution in [-0.2, 0) is 11.2 Å². The number of benzene rings is 2. The van der Waals surface area contributed by atoms with Gasteiger partial charge < -0.3 is 14.6 Å². The van der Waals surface area contributed by atoms with Crippen molar-refractivity contribution < 1.29 is 19.4 Å². The monoisotopic (exact) mass is 366 g/mol. The van der Waals surface area contributed by atoms with Crippen LogP contribution in [0.4, 0.5) is 0 Å².